The zero-order valence-electron chi connectivity index (χ0n) is 15.0. The maximum absolute atomic E-state index is 12.6. The van der Waals surface area contributed by atoms with Gasteiger partial charge in [-0.25, -0.2) is 9.59 Å². The molecule has 140 valence electrons. The molecule has 3 saturated heterocycles. The number of aliphatic hydroxyl groups is 2. The SMILES string of the molecule is C/C=C1/C[C@H](C)[C@@](C)(O)C(=O)OC[C@H]2[C@H]3[C@@H](CCN3C[C@H]2O)OC1=O. The van der Waals surface area contributed by atoms with E-state index >= 15 is 0 Å². The van der Waals surface area contributed by atoms with Gasteiger partial charge in [-0.3, -0.25) is 4.90 Å². The van der Waals surface area contributed by atoms with Crippen LogP contribution in [0.15, 0.2) is 11.6 Å². The molecule has 2 N–H and O–H groups in total. The Hall–Kier alpha value is -1.44. The molecule has 25 heavy (non-hydrogen) atoms. The molecule has 3 fully saturated rings. The lowest BCUT2D eigenvalue weighted by Gasteiger charge is -2.32. The smallest absolute Gasteiger partial charge is 0.338 e. The molecule has 0 spiro atoms. The first-order valence-corrected chi connectivity index (χ1v) is 8.93. The lowest BCUT2D eigenvalue weighted by molar-refractivity contribution is -0.173. The highest BCUT2D eigenvalue weighted by molar-refractivity contribution is 5.89. The van der Waals surface area contributed by atoms with Crippen molar-refractivity contribution >= 4 is 11.9 Å². The van der Waals surface area contributed by atoms with E-state index < -0.39 is 29.6 Å². The van der Waals surface area contributed by atoms with Gasteiger partial charge in [-0.15, -0.1) is 0 Å². The summed E-state index contributed by atoms with van der Waals surface area (Å²) in [7, 11) is 0. The number of cyclic esters (lactones) is 1. The zero-order chi connectivity index (χ0) is 18.4. The van der Waals surface area contributed by atoms with Gasteiger partial charge >= 0.3 is 11.9 Å². The number of carbonyl (C=O) groups excluding carboxylic acids is 2. The molecule has 0 aliphatic carbocycles. The van der Waals surface area contributed by atoms with Crippen molar-refractivity contribution in [1.82, 2.24) is 4.90 Å². The number of rotatable bonds is 0. The first-order chi connectivity index (χ1) is 11.8. The fourth-order valence-corrected chi connectivity index (χ4v) is 4.13. The molecular weight excluding hydrogens is 326 g/mol. The number of carbonyl (C=O) groups is 2. The van der Waals surface area contributed by atoms with Gasteiger partial charge in [0.25, 0.3) is 0 Å². The molecule has 3 aliphatic heterocycles. The lowest BCUT2D eigenvalue weighted by atomic mass is 9.85. The molecule has 0 aromatic rings. The highest BCUT2D eigenvalue weighted by atomic mass is 16.6. The zero-order valence-corrected chi connectivity index (χ0v) is 15.0. The summed E-state index contributed by atoms with van der Waals surface area (Å²) >= 11 is 0. The molecule has 3 aliphatic rings. The Bertz CT molecular complexity index is 586. The maximum Gasteiger partial charge on any atom is 0.338 e. The number of hydrogen-bond donors (Lipinski definition) is 2. The van der Waals surface area contributed by atoms with E-state index in [-0.39, 0.29) is 31.1 Å². The predicted molar refractivity (Wildman–Crippen MR) is 88.5 cm³/mol. The number of esters is 2. The van der Waals surface area contributed by atoms with Crippen molar-refractivity contribution in [3.8, 4) is 0 Å². The molecule has 0 unspecified atom stereocenters. The first-order valence-electron chi connectivity index (χ1n) is 8.93. The van der Waals surface area contributed by atoms with E-state index in [1.165, 1.54) is 6.92 Å². The average molecular weight is 353 g/mol. The summed E-state index contributed by atoms with van der Waals surface area (Å²) in [5, 5.41) is 20.9. The quantitative estimate of drug-likeness (QED) is 0.476. The van der Waals surface area contributed by atoms with Gasteiger partial charge in [0.1, 0.15) is 6.10 Å². The number of hydrogen-bond acceptors (Lipinski definition) is 7. The van der Waals surface area contributed by atoms with Gasteiger partial charge in [0.05, 0.1) is 18.8 Å². The third-order valence-electron chi connectivity index (χ3n) is 6.03. The molecule has 0 radical (unpaired) electrons. The molecule has 3 heterocycles. The van der Waals surface area contributed by atoms with Crippen molar-refractivity contribution in [3.63, 3.8) is 0 Å². The van der Waals surface area contributed by atoms with Gasteiger partial charge in [-0.2, -0.15) is 0 Å². The summed E-state index contributed by atoms with van der Waals surface area (Å²) in [4.78, 5) is 27.1. The minimum Gasteiger partial charge on any atom is -0.463 e. The van der Waals surface area contributed by atoms with Gasteiger partial charge in [-0.1, -0.05) is 13.0 Å². The summed E-state index contributed by atoms with van der Waals surface area (Å²) in [5.41, 5.74) is -1.28. The second kappa shape index (κ2) is 6.70. The lowest BCUT2D eigenvalue weighted by Crippen LogP contribution is -2.47. The van der Waals surface area contributed by atoms with E-state index in [9.17, 15) is 19.8 Å². The van der Waals surface area contributed by atoms with Gasteiger partial charge < -0.3 is 19.7 Å². The van der Waals surface area contributed by atoms with Crippen LogP contribution in [0.3, 0.4) is 0 Å². The van der Waals surface area contributed by atoms with Gasteiger partial charge in [0, 0.05) is 24.6 Å². The standard InChI is InChI=1S/C18H27NO6/c1-4-11-7-10(2)18(3,23)17(22)24-9-12-13(20)8-19-6-5-14(15(12)19)25-16(11)21/h4,10,12-15,20,23H,5-9H2,1-3H3/b11-4-/t10-,12+,13+,14+,15-,18+/m0/s1. The Morgan fingerprint density at radius 1 is 1.36 bits per heavy atom. The third-order valence-corrected chi connectivity index (χ3v) is 6.03. The van der Waals surface area contributed by atoms with Crippen molar-refractivity contribution in [2.24, 2.45) is 11.8 Å². The second-order valence-corrected chi connectivity index (χ2v) is 7.61. The molecule has 7 nitrogen and oxygen atoms in total. The molecule has 0 bridgehead atoms. The fraction of sp³-hybridized carbons (Fsp3) is 0.778. The Morgan fingerprint density at radius 3 is 2.76 bits per heavy atom. The predicted octanol–water partition coefficient (Wildman–Crippen LogP) is 0.243. The van der Waals surface area contributed by atoms with Crippen molar-refractivity contribution in [3.05, 3.63) is 11.6 Å². The monoisotopic (exact) mass is 353 g/mol. The van der Waals surface area contributed by atoms with E-state index in [2.05, 4.69) is 4.90 Å². The third kappa shape index (κ3) is 3.20. The van der Waals surface area contributed by atoms with Gasteiger partial charge in [0.2, 0.25) is 0 Å². The van der Waals surface area contributed by atoms with Crippen LogP contribution in [0.25, 0.3) is 0 Å². The van der Waals surface area contributed by atoms with Crippen LogP contribution in [0.5, 0.6) is 0 Å². The van der Waals surface area contributed by atoms with Crippen LogP contribution < -0.4 is 0 Å². The van der Waals surface area contributed by atoms with E-state index in [0.717, 1.165) is 6.54 Å². The minimum absolute atomic E-state index is 0.00849. The Labute approximate surface area is 147 Å². The number of allylic oxidation sites excluding steroid dienone is 1. The first kappa shape index (κ1) is 18.4. The molecule has 0 aromatic carbocycles. The van der Waals surface area contributed by atoms with Crippen LogP contribution in [0.1, 0.15) is 33.6 Å². The summed E-state index contributed by atoms with van der Waals surface area (Å²) in [6.07, 6.45) is 1.63. The second-order valence-electron chi connectivity index (χ2n) is 7.61. The van der Waals surface area contributed by atoms with E-state index in [4.69, 9.17) is 9.47 Å². The topological polar surface area (TPSA) is 96.3 Å². The molecule has 7 heteroatoms. The van der Waals surface area contributed by atoms with E-state index in [1.54, 1.807) is 19.9 Å². The van der Waals surface area contributed by atoms with Crippen LogP contribution in [-0.4, -0.2) is 70.6 Å². The number of ether oxygens (including phenoxy) is 2. The molecule has 0 aromatic heterocycles. The average Bonchev–Trinajstić information content (AvgIpc) is 3.08. The van der Waals surface area contributed by atoms with Crippen LogP contribution in [0.4, 0.5) is 0 Å². The summed E-state index contributed by atoms with van der Waals surface area (Å²) in [6, 6.07) is -0.161. The minimum atomic E-state index is -1.72. The Kier molecular flexibility index (Phi) is 4.92. The number of nitrogens with zero attached hydrogens (tertiary/aromatic N) is 1. The summed E-state index contributed by atoms with van der Waals surface area (Å²) in [5.74, 6) is -1.97. The highest BCUT2D eigenvalue weighted by Gasteiger charge is 2.51. The Balaban J connectivity index is 1.91. The molecule has 6 atom stereocenters. The van der Waals surface area contributed by atoms with Crippen LogP contribution in [0, 0.1) is 11.8 Å². The number of aliphatic hydroxyl groups excluding tert-OH is 1. The Morgan fingerprint density at radius 2 is 2.08 bits per heavy atom. The summed E-state index contributed by atoms with van der Waals surface area (Å²) in [6.45, 7) is 6.07. The molecule has 0 saturated carbocycles. The summed E-state index contributed by atoms with van der Waals surface area (Å²) < 4.78 is 11.1. The molecule has 0 amide bonds. The molecular formula is C18H27NO6. The van der Waals surface area contributed by atoms with Gasteiger partial charge in [0.15, 0.2) is 5.60 Å². The highest BCUT2D eigenvalue weighted by Crippen LogP contribution is 2.37. The van der Waals surface area contributed by atoms with Crippen molar-refractivity contribution in [2.45, 2.75) is 57.5 Å². The normalized spacial score (nSPS) is 44.7. The largest absolute Gasteiger partial charge is 0.463 e. The van der Waals surface area contributed by atoms with Crippen molar-refractivity contribution < 1.29 is 29.3 Å². The van der Waals surface area contributed by atoms with Crippen LogP contribution in [-0.2, 0) is 19.1 Å². The van der Waals surface area contributed by atoms with E-state index in [0.29, 0.717) is 18.5 Å². The fourth-order valence-electron chi connectivity index (χ4n) is 4.13. The van der Waals surface area contributed by atoms with Crippen LogP contribution in [0.2, 0.25) is 0 Å². The van der Waals surface area contributed by atoms with E-state index in [1.807, 2.05) is 0 Å². The van der Waals surface area contributed by atoms with Gasteiger partial charge in [-0.05, 0) is 32.6 Å². The van der Waals surface area contributed by atoms with Crippen molar-refractivity contribution in [2.75, 3.05) is 19.7 Å². The maximum atomic E-state index is 12.6. The van der Waals surface area contributed by atoms with Crippen LogP contribution >= 0.6 is 0 Å². The molecule has 3 rings (SSSR count). The van der Waals surface area contributed by atoms with Crippen molar-refractivity contribution in [1.29, 1.82) is 0 Å².